The summed E-state index contributed by atoms with van der Waals surface area (Å²) in [5.41, 5.74) is 1.42. The summed E-state index contributed by atoms with van der Waals surface area (Å²) in [5.74, 6) is -2.44. The third kappa shape index (κ3) is 3.96. The van der Waals surface area contributed by atoms with E-state index in [2.05, 4.69) is 5.32 Å². The third-order valence-electron chi connectivity index (χ3n) is 5.68. The van der Waals surface area contributed by atoms with Gasteiger partial charge in [0, 0.05) is 17.5 Å². The molecular weight excluding hydrogens is 449 g/mol. The number of carboxylic acid groups (broad SMARTS) is 1. The van der Waals surface area contributed by atoms with E-state index >= 15 is 0 Å². The van der Waals surface area contributed by atoms with Crippen LogP contribution in [0.25, 0.3) is 5.57 Å². The molecule has 0 saturated carbocycles. The third-order valence-corrected chi connectivity index (χ3v) is 5.68. The first kappa shape index (κ1) is 22.9. The second-order valence-electron chi connectivity index (χ2n) is 7.85. The van der Waals surface area contributed by atoms with E-state index in [0.717, 1.165) is 23.3 Å². The summed E-state index contributed by atoms with van der Waals surface area (Å²) < 4.78 is 40.2. The van der Waals surface area contributed by atoms with Crippen LogP contribution < -0.4 is 10.2 Å². The molecule has 0 atom stereocenters. The Morgan fingerprint density at radius 1 is 1.03 bits per heavy atom. The van der Waals surface area contributed by atoms with Crippen LogP contribution in [0.5, 0.6) is 5.75 Å². The molecular formula is C25H19F3N2O4. The molecule has 0 aliphatic carbocycles. The minimum Gasteiger partial charge on any atom is -0.505 e. The van der Waals surface area contributed by atoms with E-state index in [4.69, 9.17) is 0 Å². The van der Waals surface area contributed by atoms with E-state index in [0.29, 0.717) is 5.69 Å². The van der Waals surface area contributed by atoms with Gasteiger partial charge in [0.2, 0.25) is 0 Å². The number of rotatable bonds is 4. The normalized spacial score (nSPS) is 14.4. The Labute approximate surface area is 192 Å². The van der Waals surface area contributed by atoms with Crippen molar-refractivity contribution in [2.75, 3.05) is 10.2 Å². The van der Waals surface area contributed by atoms with Gasteiger partial charge >= 0.3 is 12.1 Å². The number of halogens is 3. The van der Waals surface area contributed by atoms with Gasteiger partial charge in [-0.2, -0.15) is 13.2 Å². The maximum absolute atomic E-state index is 13.4. The number of fused-ring (bicyclic) bond motifs is 1. The fourth-order valence-corrected chi connectivity index (χ4v) is 3.71. The molecule has 3 aromatic rings. The van der Waals surface area contributed by atoms with Gasteiger partial charge in [0.25, 0.3) is 5.91 Å². The van der Waals surface area contributed by atoms with Crippen LogP contribution in [0.4, 0.5) is 30.2 Å². The molecule has 0 aromatic heterocycles. The summed E-state index contributed by atoms with van der Waals surface area (Å²) in [6.45, 7) is 3.72. The van der Waals surface area contributed by atoms with Gasteiger partial charge in [0.1, 0.15) is 5.56 Å². The fraction of sp³-hybridized carbons (Fsp3) is 0.120. The smallest absolute Gasteiger partial charge is 0.416 e. The summed E-state index contributed by atoms with van der Waals surface area (Å²) in [7, 11) is 0. The molecule has 174 valence electrons. The highest BCUT2D eigenvalue weighted by atomic mass is 19.4. The van der Waals surface area contributed by atoms with Crippen LogP contribution in [0.2, 0.25) is 0 Å². The molecule has 1 aliphatic heterocycles. The second kappa shape index (κ2) is 8.26. The van der Waals surface area contributed by atoms with E-state index in [9.17, 15) is 33.0 Å². The van der Waals surface area contributed by atoms with Gasteiger partial charge < -0.3 is 15.5 Å². The molecule has 3 aromatic carbocycles. The molecule has 0 radical (unpaired) electrons. The number of alkyl halides is 3. The van der Waals surface area contributed by atoms with Gasteiger partial charge in [0.15, 0.2) is 5.75 Å². The maximum atomic E-state index is 13.4. The summed E-state index contributed by atoms with van der Waals surface area (Å²) in [6, 6.07) is 12.2. The first-order chi connectivity index (χ1) is 16.0. The zero-order valence-corrected chi connectivity index (χ0v) is 18.1. The topological polar surface area (TPSA) is 89.9 Å². The van der Waals surface area contributed by atoms with Crippen LogP contribution in [0, 0.1) is 13.8 Å². The molecule has 1 heterocycles. The largest absolute Gasteiger partial charge is 0.505 e. The number of aromatic hydroxyl groups is 1. The van der Waals surface area contributed by atoms with E-state index in [1.54, 1.807) is 18.2 Å². The summed E-state index contributed by atoms with van der Waals surface area (Å²) in [5, 5.41) is 22.1. The molecule has 0 spiro atoms. The predicted molar refractivity (Wildman–Crippen MR) is 121 cm³/mol. The van der Waals surface area contributed by atoms with Crippen molar-refractivity contribution < 1.29 is 33.0 Å². The average Bonchev–Trinajstić information content (AvgIpc) is 3.04. The Morgan fingerprint density at radius 3 is 2.41 bits per heavy atom. The molecule has 1 amide bonds. The lowest BCUT2D eigenvalue weighted by molar-refractivity contribution is -0.137. The number of hydrogen-bond acceptors (Lipinski definition) is 4. The van der Waals surface area contributed by atoms with Crippen LogP contribution in [-0.4, -0.2) is 22.1 Å². The molecule has 6 nitrogen and oxygen atoms in total. The lowest BCUT2D eigenvalue weighted by Crippen LogP contribution is -2.21. The van der Waals surface area contributed by atoms with Crippen LogP contribution in [0.15, 0.2) is 60.8 Å². The number of anilines is 3. The highest BCUT2D eigenvalue weighted by Gasteiger charge is 2.38. The SMILES string of the molecule is Cc1ccc(N2C(=O)/C(=C\Nc3cccc(C(=O)O)c3O)c3ccc(C(F)(F)F)cc32)cc1C. The van der Waals surface area contributed by atoms with Gasteiger partial charge in [-0.25, -0.2) is 4.79 Å². The molecule has 0 unspecified atom stereocenters. The van der Waals surface area contributed by atoms with Crippen LogP contribution in [0.3, 0.4) is 0 Å². The molecule has 34 heavy (non-hydrogen) atoms. The average molecular weight is 468 g/mol. The quantitative estimate of drug-likeness (QED) is 0.330. The van der Waals surface area contributed by atoms with Crippen LogP contribution >= 0.6 is 0 Å². The number of nitrogens with one attached hydrogen (secondary N) is 1. The Kier molecular flexibility index (Phi) is 5.56. The van der Waals surface area contributed by atoms with E-state index in [-0.39, 0.29) is 28.1 Å². The Bertz CT molecular complexity index is 1360. The predicted octanol–water partition coefficient (Wildman–Crippen LogP) is 5.86. The number of hydrogen-bond donors (Lipinski definition) is 3. The number of para-hydroxylation sites is 1. The first-order valence-electron chi connectivity index (χ1n) is 10.1. The van der Waals surface area contributed by atoms with E-state index < -0.39 is 29.4 Å². The monoisotopic (exact) mass is 468 g/mol. The Hall–Kier alpha value is -4.27. The molecule has 9 heteroatoms. The second-order valence-corrected chi connectivity index (χ2v) is 7.85. The number of benzene rings is 3. The molecule has 4 rings (SSSR count). The lowest BCUT2D eigenvalue weighted by Gasteiger charge is -2.19. The molecule has 3 N–H and O–H groups in total. The summed E-state index contributed by atoms with van der Waals surface area (Å²) in [4.78, 5) is 25.8. The van der Waals surface area contributed by atoms with Crippen molar-refractivity contribution in [3.8, 4) is 5.75 Å². The van der Waals surface area contributed by atoms with Gasteiger partial charge in [-0.1, -0.05) is 18.2 Å². The summed E-state index contributed by atoms with van der Waals surface area (Å²) in [6.07, 6.45) is -3.35. The van der Waals surface area contributed by atoms with Gasteiger partial charge in [0.05, 0.1) is 22.5 Å². The first-order valence-corrected chi connectivity index (χ1v) is 10.1. The highest BCUT2D eigenvalue weighted by Crippen LogP contribution is 2.44. The minimum absolute atomic E-state index is 0.0262. The summed E-state index contributed by atoms with van der Waals surface area (Å²) >= 11 is 0. The van der Waals surface area contributed by atoms with Gasteiger partial charge in [-0.05, 0) is 61.4 Å². The van der Waals surface area contributed by atoms with Crippen molar-refractivity contribution in [2.24, 2.45) is 0 Å². The van der Waals surface area contributed by atoms with Gasteiger partial charge in [-0.3, -0.25) is 9.69 Å². The highest BCUT2D eigenvalue weighted by molar-refractivity contribution is 6.35. The van der Waals surface area contributed by atoms with Crippen LogP contribution in [0.1, 0.15) is 32.6 Å². The standard InChI is InChI=1S/C25H19F3N2O4/c1-13-6-8-16(10-14(13)2)30-21-11-15(25(26,27)28)7-9-17(21)19(23(30)32)12-29-20-5-3-4-18(22(20)31)24(33)34/h3-12,29,31H,1-2H3,(H,33,34)/b19-12-. The fourth-order valence-electron chi connectivity index (χ4n) is 3.71. The van der Waals surface area contributed by atoms with Crippen molar-refractivity contribution in [1.29, 1.82) is 0 Å². The number of aryl methyl sites for hydroxylation is 2. The number of aromatic carboxylic acids is 1. The zero-order valence-electron chi connectivity index (χ0n) is 18.1. The number of carbonyl (C=O) groups excluding carboxylic acids is 1. The Balaban J connectivity index is 1.83. The van der Waals surface area contributed by atoms with Crippen molar-refractivity contribution >= 4 is 34.5 Å². The number of carboxylic acids is 1. The maximum Gasteiger partial charge on any atom is 0.416 e. The van der Waals surface area contributed by atoms with Gasteiger partial charge in [-0.15, -0.1) is 0 Å². The molecule has 0 bridgehead atoms. The van der Waals surface area contributed by atoms with E-state index in [1.165, 1.54) is 35.4 Å². The van der Waals surface area contributed by atoms with Crippen molar-refractivity contribution in [1.82, 2.24) is 0 Å². The van der Waals surface area contributed by atoms with Crippen molar-refractivity contribution in [2.45, 2.75) is 20.0 Å². The number of nitrogens with zero attached hydrogens (tertiary/aromatic N) is 1. The number of carbonyl (C=O) groups is 2. The Morgan fingerprint density at radius 2 is 1.76 bits per heavy atom. The van der Waals surface area contributed by atoms with E-state index in [1.807, 2.05) is 13.8 Å². The van der Waals surface area contributed by atoms with Crippen molar-refractivity contribution in [3.63, 3.8) is 0 Å². The number of phenols is 1. The zero-order chi connectivity index (χ0) is 24.8. The number of amides is 1. The lowest BCUT2D eigenvalue weighted by atomic mass is 10.0. The molecule has 0 fully saturated rings. The van der Waals surface area contributed by atoms with Crippen molar-refractivity contribution in [3.05, 3.63) is 88.6 Å². The molecule has 0 saturated heterocycles. The molecule has 1 aliphatic rings. The minimum atomic E-state index is -4.60. The van der Waals surface area contributed by atoms with Crippen LogP contribution in [-0.2, 0) is 11.0 Å².